The summed E-state index contributed by atoms with van der Waals surface area (Å²) in [6.45, 7) is 0. The molecule has 0 aliphatic heterocycles. The molecule has 0 fully saturated rings. The minimum absolute atomic E-state index is 0.134. The van der Waals surface area contributed by atoms with Crippen molar-refractivity contribution >= 4 is 23.5 Å². The van der Waals surface area contributed by atoms with E-state index >= 15 is 0 Å². The molecule has 0 saturated carbocycles. The molecule has 11 heteroatoms. The van der Waals surface area contributed by atoms with Crippen LogP contribution in [0.25, 0.3) is 6.08 Å². The van der Waals surface area contributed by atoms with Gasteiger partial charge in [-0.05, 0) is 48.0 Å². The molecule has 0 aliphatic rings. The average Bonchev–Trinajstić information content (AvgIpc) is 2.93. The molecule has 39 heavy (non-hydrogen) atoms. The number of carbonyl (C=O) groups excluding carboxylic acids is 2. The van der Waals surface area contributed by atoms with E-state index in [0.717, 1.165) is 18.2 Å². The van der Waals surface area contributed by atoms with Crippen molar-refractivity contribution in [1.29, 1.82) is 0 Å². The summed E-state index contributed by atoms with van der Waals surface area (Å²) in [5, 5.41) is 2.62. The van der Waals surface area contributed by atoms with E-state index in [-0.39, 0.29) is 39.8 Å². The van der Waals surface area contributed by atoms with Crippen LogP contribution < -0.4 is 29.0 Å². The lowest BCUT2D eigenvalue weighted by molar-refractivity contribution is -0.137. The van der Waals surface area contributed by atoms with Crippen LogP contribution in [0.3, 0.4) is 0 Å². The van der Waals surface area contributed by atoms with E-state index in [0.29, 0.717) is 11.3 Å². The molecular formula is C28H26F3NO7. The zero-order valence-electron chi connectivity index (χ0n) is 21.8. The minimum Gasteiger partial charge on any atom is -0.493 e. The second-order valence-corrected chi connectivity index (χ2v) is 7.94. The van der Waals surface area contributed by atoms with E-state index in [1.807, 2.05) is 0 Å². The zero-order valence-corrected chi connectivity index (χ0v) is 21.8. The quantitative estimate of drug-likeness (QED) is 0.261. The molecule has 0 bridgehead atoms. The van der Waals surface area contributed by atoms with Gasteiger partial charge in [-0.3, -0.25) is 9.59 Å². The van der Waals surface area contributed by atoms with Gasteiger partial charge >= 0.3 is 6.18 Å². The molecular weight excluding hydrogens is 519 g/mol. The van der Waals surface area contributed by atoms with Crippen LogP contribution in [0, 0.1) is 0 Å². The molecule has 8 nitrogen and oxygen atoms in total. The van der Waals surface area contributed by atoms with E-state index in [1.54, 1.807) is 0 Å². The summed E-state index contributed by atoms with van der Waals surface area (Å²) in [5.74, 6) is 0.161. The number of ether oxygens (including phenoxy) is 5. The second kappa shape index (κ2) is 12.2. The number of benzene rings is 3. The Balaban J connectivity index is 1.93. The first-order valence-electron chi connectivity index (χ1n) is 11.3. The zero-order chi connectivity index (χ0) is 28.7. The highest BCUT2D eigenvalue weighted by Crippen LogP contribution is 2.41. The number of carbonyl (C=O) groups is 2. The van der Waals surface area contributed by atoms with Crippen LogP contribution in [-0.4, -0.2) is 47.2 Å². The number of nitrogens with one attached hydrogen (secondary N) is 1. The van der Waals surface area contributed by atoms with Gasteiger partial charge in [-0.15, -0.1) is 0 Å². The molecule has 1 N–H and O–H groups in total. The van der Waals surface area contributed by atoms with Crippen molar-refractivity contribution in [2.45, 2.75) is 6.18 Å². The van der Waals surface area contributed by atoms with Crippen molar-refractivity contribution in [3.63, 3.8) is 0 Å². The smallest absolute Gasteiger partial charge is 0.416 e. The molecule has 0 heterocycles. The fourth-order valence-corrected chi connectivity index (χ4v) is 3.70. The van der Waals surface area contributed by atoms with Gasteiger partial charge in [-0.25, -0.2) is 0 Å². The maximum Gasteiger partial charge on any atom is 0.416 e. The van der Waals surface area contributed by atoms with Gasteiger partial charge < -0.3 is 29.0 Å². The first-order valence-corrected chi connectivity index (χ1v) is 11.3. The lowest BCUT2D eigenvalue weighted by Crippen LogP contribution is -2.11. The SMILES string of the molecule is COc1cc(C(=O)c2cc(OC)c(OC)c(OC)c2)cc(NC(=O)/C=C/c2ccc(C(F)(F)F)cc2)c1OC. The van der Waals surface area contributed by atoms with E-state index in [1.165, 1.54) is 78.0 Å². The Bertz CT molecular complexity index is 1360. The molecule has 3 rings (SSSR count). The van der Waals surface area contributed by atoms with Crippen LogP contribution in [0.15, 0.2) is 54.6 Å². The van der Waals surface area contributed by atoms with Crippen molar-refractivity contribution in [3.8, 4) is 28.7 Å². The van der Waals surface area contributed by atoms with Gasteiger partial charge in [0, 0.05) is 17.2 Å². The van der Waals surface area contributed by atoms with E-state index < -0.39 is 23.4 Å². The Labute approximate surface area is 222 Å². The summed E-state index contributed by atoms with van der Waals surface area (Å²) >= 11 is 0. The molecule has 0 unspecified atom stereocenters. The van der Waals surface area contributed by atoms with Crippen LogP contribution in [0.1, 0.15) is 27.0 Å². The Hall–Kier alpha value is -4.67. The Kier molecular flexibility index (Phi) is 9.08. The third-order valence-electron chi connectivity index (χ3n) is 5.59. The fourth-order valence-electron chi connectivity index (χ4n) is 3.70. The number of halogens is 3. The van der Waals surface area contributed by atoms with Gasteiger partial charge in [-0.2, -0.15) is 13.2 Å². The maximum absolute atomic E-state index is 13.4. The molecule has 0 atom stereocenters. The number of anilines is 1. The van der Waals surface area contributed by atoms with Crippen LogP contribution in [0.5, 0.6) is 28.7 Å². The van der Waals surface area contributed by atoms with Crippen molar-refractivity contribution in [2.75, 3.05) is 40.9 Å². The number of alkyl halides is 3. The highest BCUT2D eigenvalue weighted by molar-refractivity contribution is 6.11. The first kappa shape index (κ1) is 28.9. The highest BCUT2D eigenvalue weighted by Gasteiger charge is 2.29. The topological polar surface area (TPSA) is 92.3 Å². The normalized spacial score (nSPS) is 11.2. The number of methoxy groups -OCH3 is 5. The summed E-state index contributed by atoms with van der Waals surface area (Å²) in [6, 6.07) is 10.2. The maximum atomic E-state index is 13.4. The first-order chi connectivity index (χ1) is 18.6. The van der Waals surface area contributed by atoms with Crippen molar-refractivity contribution in [2.24, 2.45) is 0 Å². The number of hydrogen-bond donors (Lipinski definition) is 1. The number of amides is 1. The molecule has 0 aliphatic carbocycles. The summed E-state index contributed by atoms with van der Waals surface area (Å²) in [4.78, 5) is 26.1. The molecule has 0 aromatic heterocycles. The number of hydrogen-bond acceptors (Lipinski definition) is 7. The highest BCUT2D eigenvalue weighted by atomic mass is 19.4. The molecule has 3 aromatic rings. The van der Waals surface area contributed by atoms with Crippen LogP contribution in [0.2, 0.25) is 0 Å². The van der Waals surface area contributed by atoms with Gasteiger partial charge in [0.05, 0.1) is 46.8 Å². The lowest BCUT2D eigenvalue weighted by atomic mass is 10.0. The predicted octanol–water partition coefficient (Wildman–Crippen LogP) is 5.63. The van der Waals surface area contributed by atoms with E-state index in [9.17, 15) is 22.8 Å². The molecule has 1 amide bonds. The van der Waals surface area contributed by atoms with E-state index in [2.05, 4.69) is 5.32 Å². The van der Waals surface area contributed by atoms with Gasteiger partial charge in [0.1, 0.15) is 0 Å². The lowest BCUT2D eigenvalue weighted by Gasteiger charge is -2.16. The third kappa shape index (κ3) is 6.61. The summed E-state index contributed by atoms with van der Waals surface area (Å²) in [7, 11) is 7.03. The average molecular weight is 546 g/mol. The van der Waals surface area contributed by atoms with Crippen molar-refractivity contribution in [3.05, 3.63) is 76.9 Å². The van der Waals surface area contributed by atoms with Crippen LogP contribution in [0.4, 0.5) is 18.9 Å². The fraction of sp³-hybridized carbons (Fsp3) is 0.214. The summed E-state index contributed by atoms with van der Waals surface area (Å²) in [5.41, 5.74) is 0.0957. The largest absolute Gasteiger partial charge is 0.493 e. The Morgan fingerprint density at radius 2 is 1.21 bits per heavy atom. The van der Waals surface area contributed by atoms with Crippen LogP contribution in [-0.2, 0) is 11.0 Å². The minimum atomic E-state index is -4.46. The monoisotopic (exact) mass is 545 g/mol. The molecule has 3 aromatic carbocycles. The Morgan fingerprint density at radius 1 is 0.718 bits per heavy atom. The van der Waals surface area contributed by atoms with Gasteiger partial charge in [0.2, 0.25) is 11.7 Å². The van der Waals surface area contributed by atoms with Gasteiger partial charge in [0.25, 0.3) is 0 Å². The number of ketones is 1. The molecule has 206 valence electrons. The third-order valence-corrected chi connectivity index (χ3v) is 5.59. The summed E-state index contributed by atoms with van der Waals surface area (Å²) < 4.78 is 65.0. The standard InChI is InChI=1S/C28H26F3NO7/c1-35-21-13-17(25(34)18-14-22(36-2)27(39-5)23(15-18)37-3)12-20(26(21)38-4)32-24(33)11-8-16-6-9-19(10-7-16)28(29,30)31/h6-15H,1-5H3,(H,32,33)/b11-8+. The van der Waals surface area contributed by atoms with Crippen molar-refractivity contribution < 1.29 is 46.4 Å². The Morgan fingerprint density at radius 3 is 1.67 bits per heavy atom. The van der Waals surface area contributed by atoms with Crippen molar-refractivity contribution in [1.82, 2.24) is 0 Å². The molecule has 0 spiro atoms. The second-order valence-electron chi connectivity index (χ2n) is 7.94. The summed E-state index contributed by atoms with van der Waals surface area (Å²) in [6.07, 6.45) is -1.97. The molecule has 0 saturated heterocycles. The van der Waals surface area contributed by atoms with Gasteiger partial charge in [0.15, 0.2) is 28.8 Å². The predicted molar refractivity (Wildman–Crippen MR) is 138 cm³/mol. The molecule has 0 radical (unpaired) electrons. The van der Waals surface area contributed by atoms with Gasteiger partial charge in [-0.1, -0.05) is 12.1 Å². The van der Waals surface area contributed by atoms with E-state index in [4.69, 9.17) is 23.7 Å². The number of rotatable bonds is 10. The van der Waals surface area contributed by atoms with Crippen LogP contribution >= 0.6 is 0 Å².